The zero-order chi connectivity index (χ0) is 23.1. The number of aromatic nitrogens is 2. The molecule has 1 fully saturated rings. The van der Waals surface area contributed by atoms with Crippen LogP contribution >= 0.6 is 22.9 Å². The molecular formula is C24H28ClN5O2S. The summed E-state index contributed by atoms with van der Waals surface area (Å²) in [5, 5.41) is 8.38. The van der Waals surface area contributed by atoms with Gasteiger partial charge in [-0.3, -0.25) is 9.59 Å². The van der Waals surface area contributed by atoms with Crippen molar-refractivity contribution in [1.82, 2.24) is 25.5 Å². The number of rotatable bonds is 4. The lowest BCUT2D eigenvalue weighted by molar-refractivity contribution is 0.0845. The first-order valence-electron chi connectivity index (χ1n) is 11.4. The van der Waals surface area contributed by atoms with Crippen molar-refractivity contribution >= 4 is 45.7 Å². The van der Waals surface area contributed by atoms with Gasteiger partial charge in [-0.1, -0.05) is 18.5 Å². The third-order valence-corrected chi connectivity index (χ3v) is 8.01. The quantitative estimate of drug-likeness (QED) is 0.521. The van der Waals surface area contributed by atoms with E-state index >= 15 is 0 Å². The van der Waals surface area contributed by atoms with Crippen LogP contribution in [0, 0.1) is 5.92 Å². The summed E-state index contributed by atoms with van der Waals surface area (Å²) in [4.78, 5) is 37.3. The van der Waals surface area contributed by atoms with Crippen LogP contribution in [0.15, 0.2) is 24.3 Å². The van der Waals surface area contributed by atoms with Crippen molar-refractivity contribution in [2.24, 2.45) is 5.92 Å². The first kappa shape index (κ1) is 22.4. The third-order valence-electron chi connectivity index (χ3n) is 6.69. The first-order valence-corrected chi connectivity index (χ1v) is 12.6. The number of hydrogen-bond acceptors (Lipinski definition) is 5. The SMILES string of the molecule is C[C@@H]1CC[C@@H](NC(=O)c2nc3c(s2)CN(C)CC3)[C@@H](NC(=O)c2cc3cc(Cl)ccc3[nH]2)C1. The van der Waals surface area contributed by atoms with Crippen LogP contribution in [0.1, 0.15) is 57.0 Å². The molecule has 3 aromatic rings. The molecule has 1 aliphatic heterocycles. The summed E-state index contributed by atoms with van der Waals surface area (Å²) in [5.74, 6) is 0.164. The van der Waals surface area contributed by atoms with Crippen LogP contribution in [0.4, 0.5) is 0 Å². The minimum atomic E-state index is -0.173. The Kier molecular flexibility index (Phi) is 6.16. The molecule has 0 spiro atoms. The van der Waals surface area contributed by atoms with Crippen LogP contribution in [0.5, 0.6) is 0 Å². The topological polar surface area (TPSA) is 90.1 Å². The van der Waals surface area contributed by atoms with Crippen molar-refractivity contribution < 1.29 is 9.59 Å². The number of hydrogen-bond donors (Lipinski definition) is 3. The molecule has 3 heterocycles. The second-order valence-electron chi connectivity index (χ2n) is 9.37. The Morgan fingerprint density at radius 3 is 2.85 bits per heavy atom. The second kappa shape index (κ2) is 9.08. The van der Waals surface area contributed by atoms with Crippen LogP contribution in [-0.2, 0) is 13.0 Å². The van der Waals surface area contributed by atoms with Gasteiger partial charge in [0.2, 0.25) is 0 Å². The fourth-order valence-corrected chi connectivity index (χ4v) is 6.11. The maximum absolute atomic E-state index is 13.0. The number of benzene rings is 1. The van der Waals surface area contributed by atoms with Crippen molar-refractivity contribution in [3.8, 4) is 0 Å². The fraction of sp³-hybridized carbons (Fsp3) is 0.458. The summed E-state index contributed by atoms with van der Waals surface area (Å²) in [7, 11) is 2.08. The van der Waals surface area contributed by atoms with E-state index in [4.69, 9.17) is 11.6 Å². The second-order valence-corrected chi connectivity index (χ2v) is 10.9. The number of fused-ring (bicyclic) bond motifs is 2. The van der Waals surface area contributed by atoms with E-state index in [1.807, 2.05) is 18.2 Å². The van der Waals surface area contributed by atoms with Crippen LogP contribution in [0.2, 0.25) is 5.02 Å². The number of carbonyl (C=O) groups excluding carboxylic acids is 2. The maximum atomic E-state index is 13.0. The third kappa shape index (κ3) is 4.78. The monoisotopic (exact) mass is 485 g/mol. The van der Waals surface area contributed by atoms with Gasteiger partial charge in [0, 0.05) is 52.4 Å². The highest BCUT2D eigenvalue weighted by atomic mass is 35.5. The minimum Gasteiger partial charge on any atom is -0.351 e. The number of thiazole rings is 1. The zero-order valence-corrected chi connectivity index (χ0v) is 20.4. The Morgan fingerprint density at radius 1 is 1.18 bits per heavy atom. The Bertz CT molecular complexity index is 1200. The van der Waals surface area contributed by atoms with Crippen LogP contribution in [-0.4, -0.2) is 52.4 Å². The van der Waals surface area contributed by atoms with Gasteiger partial charge in [-0.25, -0.2) is 4.98 Å². The maximum Gasteiger partial charge on any atom is 0.280 e. The van der Waals surface area contributed by atoms with Gasteiger partial charge in [0.05, 0.1) is 5.69 Å². The molecule has 33 heavy (non-hydrogen) atoms. The van der Waals surface area contributed by atoms with Gasteiger partial charge in [-0.05, 0) is 56.5 Å². The predicted molar refractivity (Wildman–Crippen MR) is 131 cm³/mol. The molecule has 9 heteroatoms. The summed E-state index contributed by atoms with van der Waals surface area (Å²) in [5.41, 5.74) is 2.40. The molecule has 174 valence electrons. The molecule has 0 unspecified atom stereocenters. The molecule has 2 amide bonds. The van der Waals surface area contributed by atoms with Crippen LogP contribution in [0.25, 0.3) is 10.9 Å². The molecule has 2 aliphatic rings. The molecule has 1 aliphatic carbocycles. The van der Waals surface area contributed by atoms with Crippen LogP contribution in [0.3, 0.4) is 0 Å². The number of likely N-dealkylation sites (N-methyl/N-ethyl adjacent to an activating group) is 1. The van der Waals surface area contributed by atoms with E-state index in [0.29, 0.717) is 21.6 Å². The lowest BCUT2D eigenvalue weighted by atomic mass is 9.83. The van der Waals surface area contributed by atoms with Crippen molar-refractivity contribution in [2.45, 2.75) is 51.2 Å². The lowest BCUT2D eigenvalue weighted by Gasteiger charge is -2.35. The molecule has 1 saturated carbocycles. The molecule has 3 atom stereocenters. The van der Waals surface area contributed by atoms with Gasteiger partial charge in [-0.15, -0.1) is 11.3 Å². The first-order chi connectivity index (χ1) is 15.9. The average molecular weight is 486 g/mol. The van der Waals surface area contributed by atoms with Gasteiger partial charge >= 0.3 is 0 Å². The number of halogens is 1. The zero-order valence-electron chi connectivity index (χ0n) is 18.8. The molecule has 3 N–H and O–H groups in total. The van der Waals surface area contributed by atoms with Crippen LogP contribution < -0.4 is 10.6 Å². The predicted octanol–water partition coefficient (Wildman–Crippen LogP) is 3.98. The van der Waals surface area contributed by atoms with E-state index < -0.39 is 0 Å². The van der Waals surface area contributed by atoms with E-state index in [9.17, 15) is 9.59 Å². The summed E-state index contributed by atoms with van der Waals surface area (Å²) in [6, 6.07) is 7.05. The summed E-state index contributed by atoms with van der Waals surface area (Å²) in [6.45, 7) is 4.00. The molecule has 0 radical (unpaired) electrons. The van der Waals surface area contributed by atoms with Gasteiger partial charge in [-0.2, -0.15) is 0 Å². The van der Waals surface area contributed by atoms with Gasteiger partial charge < -0.3 is 20.5 Å². The highest BCUT2D eigenvalue weighted by Gasteiger charge is 2.32. The molecule has 0 bridgehead atoms. The fourth-order valence-electron chi connectivity index (χ4n) is 4.84. The molecule has 7 nitrogen and oxygen atoms in total. The minimum absolute atomic E-state index is 0.125. The molecule has 1 aromatic carbocycles. The van der Waals surface area contributed by atoms with Gasteiger partial charge in [0.1, 0.15) is 5.69 Å². The number of H-pyrrole nitrogens is 1. The molecular weight excluding hydrogens is 458 g/mol. The van der Waals surface area contributed by atoms with Crippen molar-refractivity contribution in [2.75, 3.05) is 13.6 Å². The molecule has 0 saturated heterocycles. The Hall–Kier alpha value is -2.42. The number of amides is 2. The Labute approximate surface area is 201 Å². The summed E-state index contributed by atoms with van der Waals surface area (Å²) in [6.07, 6.45) is 3.54. The van der Waals surface area contributed by atoms with E-state index in [-0.39, 0.29) is 23.9 Å². The van der Waals surface area contributed by atoms with Crippen molar-refractivity contribution in [3.63, 3.8) is 0 Å². The van der Waals surface area contributed by atoms with Crippen molar-refractivity contribution in [1.29, 1.82) is 0 Å². The normalized spacial score (nSPS) is 23.3. The number of aromatic amines is 1. The highest BCUT2D eigenvalue weighted by molar-refractivity contribution is 7.13. The highest BCUT2D eigenvalue weighted by Crippen LogP contribution is 2.28. The van der Waals surface area contributed by atoms with E-state index in [0.717, 1.165) is 55.4 Å². The lowest BCUT2D eigenvalue weighted by Crippen LogP contribution is -2.54. The number of nitrogens with zero attached hydrogens (tertiary/aromatic N) is 2. The smallest absolute Gasteiger partial charge is 0.280 e. The standard InChI is InChI=1S/C24H28ClN5O2S/c1-13-3-5-17(27-23(32)24-29-18-7-8-30(2)12-21(18)33-24)19(9-13)28-22(31)20-11-14-10-15(25)4-6-16(14)26-20/h4,6,10-11,13,17,19,26H,3,5,7-9,12H2,1-2H3,(H,27,32)(H,28,31)/t13-,17-,19+/m1/s1. The molecule has 2 aromatic heterocycles. The Morgan fingerprint density at radius 2 is 2.00 bits per heavy atom. The van der Waals surface area contributed by atoms with E-state index in [1.165, 1.54) is 16.2 Å². The van der Waals surface area contributed by atoms with E-state index in [1.54, 1.807) is 6.07 Å². The van der Waals surface area contributed by atoms with Gasteiger partial charge in [0.25, 0.3) is 11.8 Å². The number of carbonyl (C=O) groups is 2. The summed E-state index contributed by atoms with van der Waals surface area (Å²) >= 11 is 7.56. The largest absolute Gasteiger partial charge is 0.351 e. The summed E-state index contributed by atoms with van der Waals surface area (Å²) < 4.78 is 0. The molecule has 5 rings (SSSR count). The van der Waals surface area contributed by atoms with Crippen molar-refractivity contribution in [3.05, 3.63) is 50.6 Å². The number of nitrogens with one attached hydrogen (secondary N) is 3. The van der Waals surface area contributed by atoms with Gasteiger partial charge in [0.15, 0.2) is 5.01 Å². The Balaban J connectivity index is 1.29. The van der Waals surface area contributed by atoms with E-state index in [2.05, 4.69) is 39.5 Å². The average Bonchev–Trinajstić information content (AvgIpc) is 3.39.